The number of nitrogens with zero attached hydrogens (tertiary/aromatic N) is 5. The first-order chi connectivity index (χ1) is 10.7. The van der Waals surface area contributed by atoms with Gasteiger partial charge in [-0.2, -0.15) is 5.10 Å². The molecular formula is C15H16N6O. The number of benzene rings is 1. The largest absolute Gasteiger partial charge is 0.320 e. The minimum Gasteiger partial charge on any atom is -0.320 e. The van der Waals surface area contributed by atoms with E-state index in [9.17, 15) is 4.79 Å². The van der Waals surface area contributed by atoms with Gasteiger partial charge in [-0.3, -0.25) is 9.48 Å². The lowest BCUT2D eigenvalue weighted by molar-refractivity contribution is 0.102. The Morgan fingerprint density at radius 3 is 2.86 bits per heavy atom. The van der Waals surface area contributed by atoms with E-state index in [0.717, 1.165) is 11.4 Å². The number of anilines is 1. The smallest absolute Gasteiger partial charge is 0.259 e. The Kier molecular flexibility index (Phi) is 3.69. The van der Waals surface area contributed by atoms with E-state index in [1.54, 1.807) is 35.0 Å². The second-order valence-electron chi connectivity index (χ2n) is 4.84. The van der Waals surface area contributed by atoms with E-state index in [2.05, 4.69) is 20.7 Å². The fraction of sp³-hybridized carbons (Fsp3) is 0.200. The van der Waals surface area contributed by atoms with E-state index in [0.29, 0.717) is 17.7 Å². The Labute approximate surface area is 127 Å². The van der Waals surface area contributed by atoms with Gasteiger partial charge in [0, 0.05) is 13.2 Å². The van der Waals surface area contributed by atoms with Crippen LogP contribution in [0.2, 0.25) is 0 Å². The van der Waals surface area contributed by atoms with Crippen LogP contribution in [-0.2, 0) is 13.5 Å². The van der Waals surface area contributed by atoms with Crippen LogP contribution in [0.4, 0.5) is 5.69 Å². The fourth-order valence-electron chi connectivity index (χ4n) is 2.29. The van der Waals surface area contributed by atoms with Gasteiger partial charge in [0.2, 0.25) is 0 Å². The Balaban J connectivity index is 1.92. The van der Waals surface area contributed by atoms with Crippen LogP contribution in [0.25, 0.3) is 5.69 Å². The highest BCUT2D eigenvalue weighted by molar-refractivity contribution is 6.05. The molecule has 3 rings (SSSR count). The van der Waals surface area contributed by atoms with Crippen molar-refractivity contribution in [3.63, 3.8) is 0 Å². The number of aromatic nitrogens is 5. The number of carbonyl (C=O) groups is 1. The second kappa shape index (κ2) is 5.80. The molecule has 0 saturated carbocycles. The van der Waals surface area contributed by atoms with Gasteiger partial charge >= 0.3 is 0 Å². The van der Waals surface area contributed by atoms with E-state index >= 15 is 0 Å². The standard InChI is InChI=1S/C15H16N6O/c1-3-12-11(10-20(2)18-12)15(22)17-13-6-4-5-7-14(13)21-9-8-16-19-21/h4-10H,3H2,1-2H3,(H,17,22). The van der Waals surface area contributed by atoms with Gasteiger partial charge in [-0.25, -0.2) is 4.68 Å². The number of rotatable bonds is 4. The highest BCUT2D eigenvalue weighted by atomic mass is 16.1. The van der Waals surface area contributed by atoms with Gasteiger partial charge < -0.3 is 5.32 Å². The van der Waals surface area contributed by atoms with Crippen LogP contribution >= 0.6 is 0 Å². The van der Waals surface area contributed by atoms with Gasteiger partial charge in [0.15, 0.2) is 0 Å². The van der Waals surface area contributed by atoms with Crippen molar-refractivity contribution >= 4 is 11.6 Å². The normalized spacial score (nSPS) is 10.6. The van der Waals surface area contributed by atoms with Crippen molar-refractivity contribution in [2.75, 3.05) is 5.32 Å². The molecule has 1 amide bonds. The van der Waals surface area contributed by atoms with Crippen LogP contribution in [-0.4, -0.2) is 30.7 Å². The summed E-state index contributed by atoms with van der Waals surface area (Å²) in [6.45, 7) is 1.97. The number of aryl methyl sites for hydroxylation is 2. The van der Waals surface area contributed by atoms with Gasteiger partial charge in [0.1, 0.15) is 0 Å². The van der Waals surface area contributed by atoms with E-state index in [1.807, 2.05) is 31.2 Å². The third-order valence-electron chi connectivity index (χ3n) is 3.31. The Morgan fingerprint density at radius 1 is 1.32 bits per heavy atom. The number of nitrogens with one attached hydrogen (secondary N) is 1. The monoisotopic (exact) mass is 296 g/mol. The van der Waals surface area contributed by atoms with E-state index in [-0.39, 0.29) is 5.91 Å². The fourth-order valence-corrected chi connectivity index (χ4v) is 2.29. The maximum absolute atomic E-state index is 12.5. The summed E-state index contributed by atoms with van der Waals surface area (Å²) >= 11 is 0. The molecule has 2 heterocycles. The Bertz CT molecular complexity index is 790. The summed E-state index contributed by atoms with van der Waals surface area (Å²) in [5, 5.41) is 15.0. The zero-order valence-electron chi connectivity index (χ0n) is 12.4. The summed E-state index contributed by atoms with van der Waals surface area (Å²) in [4.78, 5) is 12.5. The molecule has 1 aromatic carbocycles. The number of para-hydroxylation sites is 2. The van der Waals surface area contributed by atoms with E-state index in [4.69, 9.17) is 0 Å². The summed E-state index contributed by atoms with van der Waals surface area (Å²) in [6, 6.07) is 7.44. The van der Waals surface area contributed by atoms with Gasteiger partial charge in [0.05, 0.1) is 35.0 Å². The van der Waals surface area contributed by atoms with Crippen molar-refractivity contribution in [2.45, 2.75) is 13.3 Å². The van der Waals surface area contributed by atoms with Crippen molar-refractivity contribution in [2.24, 2.45) is 7.05 Å². The van der Waals surface area contributed by atoms with Crippen LogP contribution < -0.4 is 5.32 Å². The highest BCUT2D eigenvalue weighted by Gasteiger charge is 2.16. The maximum Gasteiger partial charge on any atom is 0.259 e. The first kappa shape index (κ1) is 14.0. The Morgan fingerprint density at radius 2 is 2.14 bits per heavy atom. The molecule has 0 radical (unpaired) electrons. The van der Waals surface area contributed by atoms with Crippen molar-refractivity contribution in [3.05, 3.63) is 54.1 Å². The average Bonchev–Trinajstić information content (AvgIpc) is 3.17. The predicted molar refractivity (Wildman–Crippen MR) is 81.9 cm³/mol. The van der Waals surface area contributed by atoms with Crippen molar-refractivity contribution in [3.8, 4) is 5.69 Å². The SMILES string of the molecule is CCc1nn(C)cc1C(=O)Nc1ccccc1-n1ccnn1. The second-order valence-corrected chi connectivity index (χ2v) is 4.84. The Hall–Kier alpha value is -2.96. The summed E-state index contributed by atoms with van der Waals surface area (Å²) in [5.74, 6) is -0.183. The van der Waals surface area contributed by atoms with Gasteiger partial charge in [0.25, 0.3) is 5.91 Å². The molecule has 2 aromatic heterocycles. The molecule has 0 fully saturated rings. The van der Waals surface area contributed by atoms with Crippen LogP contribution in [0.15, 0.2) is 42.9 Å². The highest BCUT2D eigenvalue weighted by Crippen LogP contribution is 2.20. The first-order valence-electron chi connectivity index (χ1n) is 6.98. The van der Waals surface area contributed by atoms with Crippen LogP contribution in [0, 0.1) is 0 Å². The minimum atomic E-state index is -0.183. The quantitative estimate of drug-likeness (QED) is 0.796. The van der Waals surface area contributed by atoms with Gasteiger partial charge in [-0.05, 0) is 18.6 Å². The molecule has 0 aliphatic carbocycles. The molecule has 22 heavy (non-hydrogen) atoms. The average molecular weight is 296 g/mol. The molecule has 7 heteroatoms. The molecule has 0 spiro atoms. The third-order valence-corrected chi connectivity index (χ3v) is 3.31. The van der Waals surface area contributed by atoms with E-state index < -0.39 is 0 Å². The van der Waals surface area contributed by atoms with Crippen LogP contribution in [0.5, 0.6) is 0 Å². The van der Waals surface area contributed by atoms with Crippen LogP contribution in [0.3, 0.4) is 0 Å². The van der Waals surface area contributed by atoms with Crippen molar-refractivity contribution in [1.29, 1.82) is 0 Å². The number of carbonyl (C=O) groups excluding carboxylic acids is 1. The molecule has 0 aliphatic heterocycles. The third kappa shape index (κ3) is 2.60. The molecule has 0 unspecified atom stereocenters. The topological polar surface area (TPSA) is 77.6 Å². The molecule has 7 nitrogen and oxygen atoms in total. The summed E-state index contributed by atoms with van der Waals surface area (Å²) in [7, 11) is 1.80. The van der Waals surface area contributed by atoms with Crippen molar-refractivity contribution in [1.82, 2.24) is 24.8 Å². The summed E-state index contributed by atoms with van der Waals surface area (Å²) in [6.07, 6.45) is 5.75. The first-order valence-corrected chi connectivity index (χ1v) is 6.98. The lowest BCUT2D eigenvalue weighted by Gasteiger charge is -2.10. The molecule has 0 bridgehead atoms. The molecule has 0 saturated heterocycles. The minimum absolute atomic E-state index is 0.183. The van der Waals surface area contributed by atoms with E-state index in [1.165, 1.54) is 0 Å². The zero-order valence-corrected chi connectivity index (χ0v) is 12.4. The molecule has 0 aliphatic rings. The van der Waals surface area contributed by atoms with Gasteiger partial charge in [-0.1, -0.05) is 24.3 Å². The zero-order chi connectivity index (χ0) is 15.5. The number of hydrogen-bond donors (Lipinski definition) is 1. The molecule has 3 aromatic rings. The van der Waals surface area contributed by atoms with Crippen molar-refractivity contribution < 1.29 is 4.79 Å². The molecule has 0 atom stereocenters. The predicted octanol–water partition coefficient (Wildman–Crippen LogP) is 1.82. The molecular weight excluding hydrogens is 280 g/mol. The van der Waals surface area contributed by atoms with Crippen LogP contribution in [0.1, 0.15) is 23.0 Å². The number of hydrogen-bond acceptors (Lipinski definition) is 4. The number of amides is 1. The molecule has 112 valence electrons. The summed E-state index contributed by atoms with van der Waals surface area (Å²) in [5.41, 5.74) is 2.79. The lowest BCUT2D eigenvalue weighted by Crippen LogP contribution is -2.15. The van der Waals surface area contributed by atoms with Gasteiger partial charge in [-0.15, -0.1) is 5.10 Å². The lowest BCUT2D eigenvalue weighted by atomic mass is 10.2. The summed E-state index contributed by atoms with van der Waals surface area (Å²) < 4.78 is 3.26. The maximum atomic E-state index is 12.5. The molecule has 1 N–H and O–H groups in total.